The first-order valence-electron chi connectivity index (χ1n) is 10.6. The van der Waals surface area contributed by atoms with Gasteiger partial charge >= 0.3 is 0 Å². The molecule has 2 heterocycles. The van der Waals surface area contributed by atoms with Crippen LogP contribution in [0, 0.1) is 0 Å². The molecule has 1 saturated heterocycles. The zero-order valence-electron chi connectivity index (χ0n) is 19.4. The SMILES string of the molecule is CCc1nn(C)c(OC)c1CN=C(NCCCN1CCOCC1)NCC(=O)N(C)C.I. The Kier molecular flexibility index (Phi) is 12.8. The zero-order chi connectivity index (χ0) is 21.9. The van der Waals surface area contributed by atoms with Crippen molar-refractivity contribution in [3.05, 3.63) is 11.3 Å². The molecule has 0 unspecified atom stereocenters. The van der Waals surface area contributed by atoms with Crippen molar-refractivity contribution in [2.45, 2.75) is 26.3 Å². The minimum absolute atomic E-state index is 0. The van der Waals surface area contributed by atoms with Crippen LogP contribution in [0.25, 0.3) is 0 Å². The summed E-state index contributed by atoms with van der Waals surface area (Å²) in [4.78, 5) is 20.6. The molecule has 1 aromatic heterocycles. The molecule has 178 valence electrons. The second kappa shape index (κ2) is 14.5. The van der Waals surface area contributed by atoms with Crippen molar-refractivity contribution in [2.24, 2.45) is 12.0 Å². The largest absolute Gasteiger partial charge is 0.481 e. The van der Waals surface area contributed by atoms with Crippen molar-refractivity contribution in [3.63, 3.8) is 0 Å². The number of morpholine rings is 1. The van der Waals surface area contributed by atoms with Gasteiger partial charge in [-0.15, -0.1) is 24.0 Å². The lowest BCUT2D eigenvalue weighted by Crippen LogP contribution is -2.44. The highest BCUT2D eigenvalue weighted by Gasteiger charge is 2.16. The molecule has 2 rings (SSSR count). The number of amides is 1. The molecule has 11 heteroatoms. The molecule has 1 aliphatic heterocycles. The van der Waals surface area contributed by atoms with Crippen LogP contribution in [0.15, 0.2) is 4.99 Å². The molecule has 0 bridgehead atoms. The Morgan fingerprint density at radius 3 is 2.61 bits per heavy atom. The second-order valence-electron chi connectivity index (χ2n) is 7.45. The van der Waals surface area contributed by atoms with E-state index in [0.717, 1.165) is 63.5 Å². The fourth-order valence-corrected chi connectivity index (χ4v) is 3.29. The average molecular weight is 551 g/mol. The normalized spacial score (nSPS) is 14.7. The van der Waals surface area contributed by atoms with E-state index in [0.29, 0.717) is 18.4 Å². The number of nitrogens with zero attached hydrogens (tertiary/aromatic N) is 5. The van der Waals surface area contributed by atoms with E-state index in [1.54, 1.807) is 30.8 Å². The highest BCUT2D eigenvalue weighted by molar-refractivity contribution is 14.0. The Morgan fingerprint density at radius 1 is 1.29 bits per heavy atom. The van der Waals surface area contributed by atoms with Crippen molar-refractivity contribution < 1.29 is 14.3 Å². The Labute approximate surface area is 202 Å². The monoisotopic (exact) mass is 551 g/mol. The summed E-state index contributed by atoms with van der Waals surface area (Å²) in [5.41, 5.74) is 1.94. The summed E-state index contributed by atoms with van der Waals surface area (Å²) in [5, 5.41) is 11.0. The molecule has 0 spiro atoms. The summed E-state index contributed by atoms with van der Waals surface area (Å²) in [6.45, 7) is 8.03. The van der Waals surface area contributed by atoms with Crippen molar-refractivity contribution in [1.29, 1.82) is 0 Å². The number of carbonyl (C=O) groups is 1. The van der Waals surface area contributed by atoms with Gasteiger partial charge in [0, 0.05) is 40.8 Å². The Bertz CT molecular complexity index is 703. The maximum absolute atomic E-state index is 12.0. The third-order valence-electron chi connectivity index (χ3n) is 5.05. The Hall–Kier alpha value is -1.60. The van der Waals surface area contributed by atoms with E-state index >= 15 is 0 Å². The van der Waals surface area contributed by atoms with Crippen molar-refractivity contribution >= 4 is 35.8 Å². The van der Waals surface area contributed by atoms with Crippen LogP contribution < -0.4 is 15.4 Å². The number of methoxy groups -OCH3 is 1. The molecule has 2 N–H and O–H groups in total. The number of hydrogen-bond acceptors (Lipinski definition) is 6. The van der Waals surface area contributed by atoms with Gasteiger partial charge in [0.2, 0.25) is 11.8 Å². The minimum atomic E-state index is -0.00831. The fourth-order valence-electron chi connectivity index (χ4n) is 3.29. The van der Waals surface area contributed by atoms with Gasteiger partial charge in [0.05, 0.1) is 44.7 Å². The van der Waals surface area contributed by atoms with E-state index in [4.69, 9.17) is 14.5 Å². The summed E-state index contributed by atoms with van der Waals surface area (Å²) < 4.78 is 12.6. The Morgan fingerprint density at radius 2 is 2.00 bits per heavy atom. The van der Waals surface area contributed by atoms with Crippen molar-refractivity contribution in [1.82, 2.24) is 30.2 Å². The van der Waals surface area contributed by atoms with E-state index in [2.05, 4.69) is 27.6 Å². The highest BCUT2D eigenvalue weighted by atomic mass is 127. The van der Waals surface area contributed by atoms with Crippen LogP contribution in [-0.2, 0) is 29.5 Å². The highest BCUT2D eigenvalue weighted by Crippen LogP contribution is 2.22. The van der Waals surface area contributed by atoms with E-state index in [1.165, 1.54) is 0 Å². The van der Waals surface area contributed by atoms with Crippen LogP contribution in [0.4, 0.5) is 0 Å². The molecule has 31 heavy (non-hydrogen) atoms. The number of ether oxygens (including phenoxy) is 2. The molecule has 0 aromatic carbocycles. The first-order valence-corrected chi connectivity index (χ1v) is 10.6. The lowest BCUT2D eigenvalue weighted by Gasteiger charge is -2.26. The number of carbonyl (C=O) groups excluding carboxylic acids is 1. The molecule has 0 saturated carbocycles. The zero-order valence-corrected chi connectivity index (χ0v) is 21.8. The lowest BCUT2D eigenvalue weighted by atomic mass is 10.2. The summed E-state index contributed by atoms with van der Waals surface area (Å²) in [6, 6.07) is 0. The molecule has 0 atom stereocenters. The number of rotatable bonds is 10. The molecule has 10 nitrogen and oxygen atoms in total. The predicted octanol–water partition coefficient (Wildman–Crippen LogP) is 0.455. The average Bonchev–Trinajstić information content (AvgIpc) is 3.07. The van der Waals surface area contributed by atoms with Crippen LogP contribution in [-0.4, -0.2) is 98.6 Å². The van der Waals surface area contributed by atoms with Gasteiger partial charge < -0.3 is 25.0 Å². The van der Waals surface area contributed by atoms with Gasteiger partial charge in [-0.3, -0.25) is 9.69 Å². The molecular weight excluding hydrogens is 513 g/mol. The number of halogens is 1. The third-order valence-corrected chi connectivity index (χ3v) is 5.05. The maximum Gasteiger partial charge on any atom is 0.241 e. The molecule has 0 radical (unpaired) electrons. The topological polar surface area (TPSA) is 96.2 Å². The third kappa shape index (κ3) is 8.81. The first-order chi connectivity index (χ1) is 14.5. The summed E-state index contributed by atoms with van der Waals surface area (Å²) >= 11 is 0. The van der Waals surface area contributed by atoms with E-state index in [9.17, 15) is 4.79 Å². The minimum Gasteiger partial charge on any atom is -0.481 e. The van der Waals surface area contributed by atoms with Gasteiger partial charge in [0.25, 0.3) is 0 Å². The number of aliphatic imine (C=N–C) groups is 1. The number of hydrogen-bond donors (Lipinski definition) is 2. The first kappa shape index (κ1) is 27.4. The van der Waals surface area contributed by atoms with Crippen LogP contribution in [0.2, 0.25) is 0 Å². The molecule has 1 amide bonds. The molecule has 1 fully saturated rings. The second-order valence-corrected chi connectivity index (χ2v) is 7.45. The predicted molar refractivity (Wildman–Crippen MR) is 132 cm³/mol. The van der Waals surface area contributed by atoms with Crippen molar-refractivity contribution in [2.75, 3.05) is 67.1 Å². The maximum atomic E-state index is 12.0. The number of guanidine groups is 1. The molecule has 0 aliphatic carbocycles. The quantitative estimate of drug-likeness (QED) is 0.189. The number of aromatic nitrogens is 2. The van der Waals surface area contributed by atoms with Gasteiger partial charge in [-0.2, -0.15) is 5.10 Å². The molecule has 1 aromatic rings. The molecule has 1 aliphatic rings. The van der Waals surface area contributed by atoms with Gasteiger partial charge in [0.15, 0.2) is 5.96 Å². The summed E-state index contributed by atoms with van der Waals surface area (Å²) in [7, 11) is 6.99. The Balaban J connectivity index is 0.00000480. The number of likely N-dealkylation sites (N-methyl/N-ethyl adjacent to an activating group) is 1. The van der Waals surface area contributed by atoms with Crippen LogP contribution in [0.5, 0.6) is 5.88 Å². The van der Waals surface area contributed by atoms with Crippen LogP contribution in [0.3, 0.4) is 0 Å². The fraction of sp³-hybridized carbons (Fsp3) is 0.750. The van der Waals surface area contributed by atoms with Gasteiger partial charge in [-0.25, -0.2) is 9.67 Å². The summed E-state index contributed by atoms with van der Waals surface area (Å²) in [5.74, 6) is 1.32. The number of aryl methyl sites for hydroxylation is 2. The standard InChI is InChI=1S/C20H37N7O3.HI/c1-6-17-16(19(29-5)26(4)24-17)14-22-20(23-15-18(28)25(2)3)21-8-7-9-27-10-12-30-13-11-27;/h6-15H2,1-5H3,(H2,21,22,23);1H. The van der Waals surface area contributed by atoms with E-state index < -0.39 is 0 Å². The van der Waals surface area contributed by atoms with Gasteiger partial charge in [0.1, 0.15) is 0 Å². The van der Waals surface area contributed by atoms with Crippen molar-refractivity contribution in [3.8, 4) is 5.88 Å². The lowest BCUT2D eigenvalue weighted by molar-refractivity contribution is -0.127. The van der Waals surface area contributed by atoms with E-state index in [-0.39, 0.29) is 36.4 Å². The van der Waals surface area contributed by atoms with E-state index in [1.807, 2.05) is 7.05 Å². The number of nitrogens with one attached hydrogen (secondary N) is 2. The van der Waals surface area contributed by atoms with Gasteiger partial charge in [-0.05, 0) is 19.4 Å². The smallest absolute Gasteiger partial charge is 0.241 e. The van der Waals surface area contributed by atoms with Crippen LogP contribution in [0.1, 0.15) is 24.6 Å². The molecular formula is C20H38IN7O3. The van der Waals surface area contributed by atoms with Crippen LogP contribution >= 0.6 is 24.0 Å². The summed E-state index contributed by atoms with van der Waals surface area (Å²) in [6.07, 6.45) is 1.79. The van der Waals surface area contributed by atoms with Gasteiger partial charge in [-0.1, -0.05) is 6.92 Å².